The first-order valence-corrected chi connectivity index (χ1v) is 6.65. The molecule has 4 heteroatoms. The first kappa shape index (κ1) is 12.9. The molecule has 1 fully saturated rings. The first-order chi connectivity index (χ1) is 8.22. The Hall–Kier alpha value is -0.580. The molecule has 94 valence electrons. The highest BCUT2D eigenvalue weighted by atomic mass is 79.9. The maximum Gasteiger partial charge on any atom is 0.124 e. The van der Waals surface area contributed by atoms with Crippen molar-refractivity contribution in [3.8, 4) is 5.75 Å². The Morgan fingerprint density at radius 2 is 2.29 bits per heavy atom. The van der Waals surface area contributed by atoms with E-state index in [1.54, 1.807) is 7.11 Å². The summed E-state index contributed by atoms with van der Waals surface area (Å²) in [5.74, 6) is 0.704. The summed E-state index contributed by atoms with van der Waals surface area (Å²) >= 11 is 3.41. The van der Waals surface area contributed by atoms with Crippen molar-refractivity contribution in [1.29, 1.82) is 0 Å². The quantitative estimate of drug-likeness (QED) is 0.932. The topological polar surface area (TPSA) is 38.7 Å². The summed E-state index contributed by atoms with van der Waals surface area (Å²) < 4.78 is 11.8. The van der Waals surface area contributed by atoms with E-state index in [9.17, 15) is 5.11 Å². The van der Waals surface area contributed by atoms with Gasteiger partial charge in [0.25, 0.3) is 0 Å². The molecular formula is C13H17BrO3. The van der Waals surface area contributed by atoms with E-state index in [1.807, 2.05) is 18.2 Å². The maximum absolute atomic E-state index is 10.4. The highest BCUT2D eigenvalue weighted by Crippen LogP contribution is 2.33. The van der Waals surface area contributed by atoms with Crippen LogP contribution in [0.25, 0.3) is 0 Å². The van der Waals surface area contributed by atoms with Crippen LogP contribution in [-0.4, -0.2) is 24.9 Å². The molecule has 1 aliphatic heterocycles. The van der Waals surface area contributed by atoms with Crippen molar-refractivity contribution >= 4 is 15.9 Å². The molecule has 0 radical (unpaired) electrons. The van der Waals surface area contributed by atoms with E-state index < -0.39 is 6.10 Å². The smallest absolute Gasteiger partial charge is 0.124 e. The molecule has 2 rings (SSSR count). The van der Waals surface area contributed by atoms with Crippen LogP contribution in [0.1, 0.15) is 30.9 Å². The summed E-state index contributed by atoms with van der Waals surface area (Å²) in [7, 11) is 1.61. The SMILES string of the molecule is COc1ccc(Br)cc1C(O)C1CCCCO1. The van der Waals surface area contributed by atoms with Crippen LogP contribution in [0.3, 0.4) is 0 Å². The molecule has 0 aromatic heterocycles. The van der Waals surface area contributed by atoms with Crippen LogP contribution in [0.2, 0.25) is 0 Å². The normalized spacial score (nSPS) is 22.2. The molecule has 0 aliphatic carbocycles. The summed E-state index contributed by atoms with van der Waals surface area (Å²) in [6.45, 7) is 0.734. The molecule has 0 saturated carbocycles. The van der Waals surface area contributed by atoms with Gasteiger partial charge in [-0.1, -0.05) is 15.9 Å². The standard InChI is InChI=1S/C13H17BrO3/c1-16-11-6-5-9(14)8-10(11)13(15)12-4-2-3-7-17-12/h5-6,8,12-13,15H,2-4,7H2,1H3. The van der Waals surface area contributed by atoms with Crippen molar-refractivity contribution in [2.75, 3.05) is 13.7 Å². The summed E-state index contributed by atoms with van der Waals surface area (Å²) in [5.41, 5.74) is 0.786. The third-order valence-corrected chi connectivity index (χ3v) is 3.57. The molecule has 1 aromatic carbocycles. The monoisotopic (exact) mass is 300 g/mol. The van der Waals surface area contributed by atoms with Gasteiger partial charge in [0.15, 0.2) is 0 Å². The van der Waals surface area contributed by atoms with Crippen LogP contribution in [-0.2, 0) is 4.74 Å². The van der Waals surface area contributed by atoms with Crippen LogP contribution in [0, 0.1) is 0 Å². The van der Waals surface area contributed by atoms with E-state index in [2.05, 4.69) is 15.9 Å². The van der Waals surface area contributed by atoms with Crippen LogP contribution in [0.5, 0.6) is 5.75 Å². The first-order valence-electron chi connectivity index (χ1n) is 5.85. The van der Waals surface area contributed by atoms with Crippen LogP contribution >= 0.6 is 15.9 Å². The summed E-state index contributed by atoms with van der Waals surface area (Å²) in [5, 5.41) is 10.4. The molecular weight excluding hydrogens is 284 g/mol. The van der Waals surface area contributed by atoms with Gasteiger partial charge in [-0.05, 0) is 37.5 Å². The number of hydrogen-bond donors (Lipinski definition) is 1. The van der Waals surface area contributed by atoms with Crippen LogP contribution in [0.4, 0.5) is 0 Å². The Kier molecular flexibility index (Phi) is 4.42. The Bertz CT molecular complexity index is 375. The minimum atomic E-state index is -0.622. The highest BCUT2D eigenvalue weighted by Gasteiger charge is 2.26. The second kappa shape index (κ2) is 5.85. The van der Waals surface area contributed by atoms with Gasteiger partial charge in [0.2, 0.25) is 0 Å². The lowest BCUT2D eigenvalue weighted by atomic mass is 9.97. The molecule has 2 atom stereocenters. The second-order valence-corrected chi connectivity index (χ2v) is 5.15. The summed E-state index contributed by atoms with van der Waals surface area (Å²) in [4.78, 5) is 0. The minimum Gasteiger partial charge on any atom is -0.496 e. The molecule has 1 aliphatic rings. The average Bonchev–Trinajstić information content (AvgIpc) is 2.39. The van der Waals surface area contributed by atoms with Crippen LogP contribution in [0.15, 0.2) is 22.7 Å². The van der Waals surface area contributed by atoms with Gasteiger partial charge in [-0.2, -0.15) is 0 Å². The fourth-order valence-electron chi connectivity index (χ4n) is 2.15. The lowest BCUT2D eigenvalue weighted by Gasteiger charge is -2.28. The molecule has 3 nitrogen and oxygen atoms in total. The van der Waals surface area contributed by atoms with Crippen molar-refractivity contribution in [1.82, 2.24) is 0 Å². The lowest BCUT2D eigenvalue weighted by molar-refractivity contribution is -0.0639. The van der Waals surface area contributed by atoms with Gasteiger partial charge >= 0.3 is 0 Å². The van der Waals surface area contributed by atoms with Crippen molar-refractivity contribution in [2.45, 2.75) is 31.5 Å². The maximum atomic E-state index is 10.4. The molecule has 1 saturated heterocycles. The second-order valence-electron chi connectivity index (χ2n) is 4.24. The van der Waals surface area contributed by atoms with Gasteiger partial charge in [-0.3, -0.25) is 0 Å². The van der Waals surface area contributed by atoms with E-state index in [-0.39, 0.29) is 6.10 Å². The molecule has 1 heterocycles. The molecule has 0 bridgehead atoms. The zero-order valence-electron chi connectivity index (χ0n) is 9.86. The largest absolute Gasteiger partial charge is 0.496 e. The summed E-state index contributed by atoms with van der Waals surface area (Å²) in [6.07, 6.45) is 2.35. The lowest BCUT2D eigenvalue weighted by Crippen LogP contribution is -2.26. The third kappa shape index (κ3) is 3.00. The van der Waals surface area contributed by atoms with E-state index in [0.29, 0.717) is 5.75 Å². The van der Waals surface area contributed by atoms with E-state index in [4.69, 9.17) is 9.47 Å². The zero-order valence-corrected chi connectivity index (χ0v) is 11.4. The van der Waals surface area contributed by atoms with Gasteiger partial charge in [-0.25, -0.2) is 0 Å². The summed E-state index contributed by atoms with van der Waals surface area (Å²) in [6, 6.07) is 5.64. The number of methoxy groups -OCH3 is 1. The fraction of sp³-hybridized carbons (Fsp3) is 0.538. The number of rotatable bonds is 3. The van der Waals surface area contributed by atoms with Crippen molar-refractivity contribution in [2.24, 2.45) is 0 Å². The minimum absolute atomic E-state index is 0.119. The van der Waals surface area contributed by atoms with Gasteiger partial charge in [-0.15, -0.1) is 0 Å². The zero-order chi connectivity index (χ0) is 12.3. The van der Waals surface area contributed by atoms with Gasteiger partial charge < -0.3 is 14.6 Å². The number of benzene rings is 1. The Balaban J connectivity index is 2.21. The third-order valence-electron chi connectivity index (χ3n) is 3.08. The predicted octanol–water partition coefficient (Wildman–Crippen LogP) is 3.06. The number of ether oxygens (including phenoxy) is 2. The number of hydrogen-bond acceptors (Lipinski definition) is 3. The molecule has 0 amide bonds. The molecule has 1 N–H and O–H groups in total. The van der Waals surface area contributed by atoms with Gasteiger partial charge in [0.05, 0.1) is 13.2 Å². The van der Waals surface area contributed by atoms with Crippen molar-refractivity contribution < 1.29 is 14.6 Å². The van der Waals surface area contributed by atoms with Gasteiger partial charge in [0.1, 0.15) is 11.9 Å². The predicted molar refractivity (Wildman–Crippen MR) is 69.2 cm³/mol. The molecule has 1 aromatic rings. The van der Waals surface area contributed by atoms with E-state index in [0.717, 1.165) is 35.9 Å². The van der Waals surface area contributed by atoms with Crippen LogP contribution < -0.4 is 4.74 Å². The average molecular weight is 301 g/mol. The Morgan fingerprint density at radius 1 is 1.47 bits per heavy atom. The van der Waals surface area contributed by atoms with Gasteiger partial charge in [0, 0.05) is 16.6 Å². The van der Waals surface area contributed by atoms with Crippen molar-refractivity contribution in [3.63, 3.8) is 0 Å². The molecule has 2 unspecified atom stereocenters. The number of aliphatic hydroxyl groups is 1. The molecule has 17 heavy (non-hydrogen) atoms. The van der Waals surface area contributed by atoms with E-state index in [1.165, 1.54) is 0 Å². The number of aliphatic hydroxyl groups excluding tert-OH is 1. The Morgan fingerprint density at radius 3 is 2.94 bits per heavy atom. The number of halogens is 1. The highest BCUT2D eigenvalue weighted by molar-refractivity contribution is 9.10. The fourth-order valence-corrected chi connectivity index (χ4v) is 2.53. The Labute approximate surface area is 110 Å². The van der Waals surface area contributed by atoms with Crippen molar-refractivity contribution in [3.05, 3.63) is 28.2 Å². The molecule has 0 spiro atoms. The van der Waals surface area contributed by atoms with E-state index >= 15 is 0 Å².